The number of aryl methyl sites for hydroxylation is 1. The number of nitrogens with zero attached hydrogens (tertiary/aromatic N) is 1. The van der Waals surface area contributed by atoms with Crippen LogP contribution in [0, 0.1) is 31.0 Å². The molecule has 0 aliphatic carbocycles. The molecule has 1 aromatic heterocycles. The van der Waals surface area contributed by atoms with Crippen LogP contribution < -0.4 is 14.8 Å². The second-order valence-corrected chi connectivity index (χ2v) is 8.88. The highest BCUT2D eigenvalue weighted by Gasteiger charge is 2.23. The van der Waals surface area contributed by atoms with Crippen LogP contribution in [0.1, 0.15) is 38.8 Å². The van der Waals surface area contributed by atoms with Crippen molar-refractivity contribution < 1.29 is 28.2 Å². The van der Waals surface area contributed by atoms with Crippen molar-refractivity contribution in [1.29, 1.82) is 5.26 Å². The van der Waals surface area contributed by atoms with E-state index < -0.39 is 11.9 Å². The van der Waals surface area contributed by atoms with Crippen molar-refractivity contribution in [2.45, 2.75) is 27.4 Å². The predicted molar refractivity (Wildman–Crippen MR) is 136 cm³/mol. The smallest absolute Gasteiger partial charge is 0.341 e. The highest BCUT2D eigenvalue weighted by molar-refractivity contribution is 7.16. The van der Waals surface area contributed by atoms with Crippen LogP contribution in [-0.4, -0.2) is 25.6 Å². The Labute approximate surface area is 212 Å². The Bertz CT molecular complexity index is 1340. The van der Waals surface area contributed by atoms with Gasteiger partial charge in [-0.3, -0.25) is 4.79 Å². The lowest BCUT2D eigenvalue weighted by molar-refractivity contribution is -0.112. The molecule has 0 aliphatic heterocycles. The molecule has 0 saturated heterocycles. The second kappa shape index (κ2) is 12.0. The van der Waals surface area contributed by atoms with Gasteiger partial charge in [-0.05, 0) is 67.8 Å². The molecule has 0 atom stereocenters. The number of benzene rings is 2. The van der Waals surface area contributed by atoms with Gasteiger partial charge in [-0.1, -0.05) is 18.2 Å². The molecule has 0 aliphatic rings. The van der Waals surface area contributed by atoms with Gasteiger partial charge in [0.25, 0.3) is 5.91 Å². The van der Waals surface area contributed by atoms with Crippen LogP contribution >= 0.6 is 11.3 Å². The van der Waals surface area contributed by atoms with Crippen LogP contribution in [0.15, 0.2) is 48.0 Å². The zero-order chi connectivity index (χ0) is 26.2. The summed E-state index contributed by atoms with van der Waals surface area (Å²) in [5.74, 6) is -0.660. The summed E-state index contributed by atoms with van der Waals surface area (Å²) in [6, 6.07) is 12.8. The van der Waals surface area contributed by atoms with Crippen LogP contribution in [0.5, 0.6) is 11.5 Å². The van der Waals surface area contributed by atoms with Gasteiger partial charge < -0.3 is 19.5 Å². The van der Waals surface area contributed by atoms with Crippen molar-refractivity contribution >= 4 is 34.3 Å². The van der Waals surface area contributed by atoms with Crippen molar-refractivity contribution in [2.24, 2.45) is 0 Å². The van der Waals surface area contributed by atoms with E-state index in [1.165, 1.54) is 36.7 Å². The summed E-state index contributed by atoms with van der Waals surface area (Å²) in [6.07, 6.45) is 1.42. The zero-order valence-electron chi connectivity index (χ0n) is 20.3. The van der Waals surface area contributed by atoms with Gasteiger partial charge in [0, 0.05) is 4.88 Å². The number of ether oxygens (including phenoxy) is 3. The number of rotatable bonds is 9. The summed E-state index contributed by atoms with van der Waals surface area (Å²) < 4.78 is 29.4. The first-order valence-corrected chi connectivity index (χ1v) is 11.8. The van der Waals surface area contributed by atoms with Gasteiger partial charge in [0.05, 0.1) is 19.3 Å². The Morgan fingerprint density at radius 3 is 2.50 bits per heavy atom. The molecule has 2 aromatic carbocycles. The lowest BCUT2D eigenvalue weighted by atomic mass is 10.1. The molecule has 3 rings (SSSR count). The van der Waals surface area contributed by atoms with Gasteiger partial charge in [-0.25, -0.2) is 9.18 Å². The Morgan fingerprint density at radius 1 is 1.14 bits per heavy atom. The summed E-state index contributed by atoms with van der Waals surface area (Å²) >= 11 is 1.24. The van der Waals surface area contributed by atoms with E-state index in [0.29, 0.717) is 22.1 Å². The largest absolute Gasteiger partial charge is 0.493 e. The SMILES string of the molecule is CCOC(=O)c1c(NC(=O)/C(C#N)=C/c2ccc(OCc3ccc(F)cc3)c(OC)c2)sc(C)c1C. The van der Waals surface area contributed by atoms with Crippen molar-refractivity contribution in [3.05, 3.63) is 81.0 Å². The molecule has 0 saturated carbocycles. The predicted octanol–water partition coefficient (Wildman–Crippen LogP) is 5.81. The molecule has 1 amide bonds. The number of carbonyl (C=O) groups is 2. The third kappa shape index (κ3) is 6.29. The van der Waals surface area contributed by atoms with Crippen molar-refractivity contribution in [1.82, 2.24) is 0 Å². The first kappa shape index (κ1) is 26.4. The van der Waals surface area contributed by atoms with E-state index in [4.69, 9.17) is 14.2 Å². The average molecular weight is 509 g/mol. The molecule has 0 fully saturated rings. The highest BCUT2D eigenvalue weighted by atomic mass is 32.1. The fourth-order valence-corrected chi connectivity index (χ4v) is 4.33. The molecule has 36 heavy (non-hydrogen) atoms. The molecule has 7 nitrogen and oxygen atoms in total. The molecular weight excluding hydrogens is 483 g/mol. The van der Waals surface area contributed by atoms with Crippen LogP contribution in [-0.2, 0) is 16.1 Å². The Morgan fingerprint density at radius 2 is 1.86 bits per heavy atom. The monoisotopic (exact) mass is 508 g/mol. The summed E-state index contributed by atoms with van der Waals surface area (Å²) in [7, 11) is 1.48. The number of carbonyl (C=O) groups excluding carboxylic acids is 2. The first-order chi connectivity index (χ1) is 17.3. The van der Waals surface area contributed by atoms with Crippen LogP contribution in [0.4, 0.5) is 9.39 Å². The number of amides is 1. The maximum atomic E-state index is 13.1. The van der Waals surface area contributed by atoms with Crippen molar-refractivity contribution in [3.8, 4) is 17.6 Å². The van der Waals surface area contributed by atoms with Gasteiger partial charge >= 0.3 is 5.97 Å². The van der Waals surface area contributed by atoms with Gasteiger partial charge in [0.15, 0.2) is 11.5 Å². The third-order valence-electron chi connectivity index (χ3n) is 5.26. The third-order valence-corrected chi connectivity index (χ3v) is 6.39. The van der Waals surface area contributed by atoms with E-state index >= 15 is 0 Å². The first-order valence-electron chi connectivity index (χ1n) is 11.0. The molecular formula is C27H25FN2O5S. The molecule has 3 aromatic rings. The Hall–Kier alpha value is -4.16. The van der Waals surface area contributed by atoms with Gasteiger partial charge in [-0.15, -0.1) is 11.3 Å². The fourth-order valence-electron chi connectivity index (χ4n) is 3.28. The normalized spacial score (nSPS) is 10.9. The number of hydrogen-bond acceptors (Lipinski definition) is 7. The Balaban J connectivity index is 1.80. The zero-order valence-corrected chi connectivity index (χ0v) is 21.1. The van der Waals surface area contributed by atoms with Gasteiger partial charge in [-0.2, -0.15) is 5.26 Å². The summed E-state index contributed by atoms with van der Waals surface area (Å²) in [6.45, 7) is 5.73. The topological polar surface area (TPSA) is 97.7 Å². The second-order valence-electron chi connectivity index (χ2n) is 7.66. The quantitative estimate of drug-likeness (QED) is 0.222. The molecule has 186 valence electrons. The van der Waals surface area contributed by atoms with Gasteiger partial charge in [0.1, 0.15) is 29.1 Å². The van der Waals surface area contributed by atoms with Crippen molar-refractivity contribution in [3.63, 3.8) is 0 Å². The molecule has 1 heterocycles. The van der Waals surface area contributed by atoms with Crippen LogP contribution in [0.3, 0.4) is 0 Å². The molecule has 0 radical (unpaired) electrons. The lowest BCUT2D eigenvalue weighted by Crippen LogP contribution is -2.16. The molecule has 9 heteroatoms. The maximum absolute atomic E-state index is 13.1. The minimum Gasteiger partial charge on any atom is -0.493 e. The van der Waals surface area contributed by atoms with Gasteiger partial charge in [0.2, 0.25) is 0 Å². The fraction of sp³-hybridized carbons (Fsp3) is 0.222. The number of nitriles is 1. The van der Waals surface area contributed by atoms with Crippen molar-refractivity contribution in [2.75, 3.05) is 19.0 Å². The summed E-state index contributed by atoms with van der Waals surface area (Å²) in [4.78, 5) is 26.1. The van der Waals surface area contributed by atoms with E-state index in [2.05, 4.69) is 5.32 Å². The van der Waals surface area contributed by atoms with E-state index in [9.17, 15) is 19.2 Å². The number of methoxy groups -OCH3 is 1. The molecule has 1 N–H and O–H groups in total. The minimum atomic E-state index is -0.653. The number of thiophene rings is 1. The number of hydrogen-bond donors (Lipinski definition) is 1. The summed E-state index contributed by atoms with van der Waals surface area (Å²) in [5, 5.41) is 12.6. The lowest BCUT2D eigenvalue weighted by Gasteiger charge is -2.12. The number of esters is 1. The van der Waals surface area contributed by atoms with E-state index in [1.54, 1.807) is 44.2 Å². The van der Waals surface area contributed by atoms with E-state index in [0.717, 1.165) is 16.0 Å². The minimum absolute atomic E-state index is 0.157. The standard InChI is InChI=1S/C27H25FN2O5S/c1-5-34-27(32)24-16(2)17(3)36-26(24)30-25(31)20(14-29)12-19-8-11-22(23(13-19)33-4)35-15-18-6-9-21(28)10-7-18/h6-13H,5,15H2,1-4H3,(H,30,31)/b20-12+. The summed E-state index contributed by atoms with van der Waals surface area (Å²) in [5.41, 5.74) is 2.17. The molecule has 0 spiro atoms. The highest BCUT2D eigenvalue weighted by Crippen LogP contribution is 2.34. The van der Waals surface area contributed by atoms with E-state index in [-0.39, 0.29) is 30.2 Å². The molecule has 0 unspecified atom stereocenters. The average Bonchev–Trinajstić information content (AvgIpc) is 3.14. The van der Waals surface area contributed by atoms with Crippen LogP contribution in [0.2, 0.25) is 0 Å². The Kier molecular flexibility index (Phi) is 8.81. The number of halogens is 1. The maximum Gasteiger partial charge on any atom is 0.341 e. The number of anilines is 1. The van der Waals surface area contributed by atoms with Crippen LogP contribution in [0.25, 0.3) is 6.08 Å². The number of nitrogens with one attached hydrogen (secondary N) is 1. The van der Waals surface area contributed by atoms with E-state index in [1.807, 2.05) is 13.0 Å². The molecule has 0 bridgehead atoms.